The summed E-state index contributed by atoms with van der Waals surface area (Å²) in [6, 6.07) is 8.72. The zero-order valence-corrected chi connectivity index (χ0v) is 13.1. The molecule has 0 aliphatic carbocycles. The molecule has 1 aromatic carbocycles. The summed E-state index contributed by atoms with van der Waals surface area (Å²) in [6.07, 6.45) is 2.19. The monoisotopic (exact) mass is 275 g/mol. The van der Waals surface area contributed by atoms with Gasteiger partial charge in [0.25, 0.3) is 0 Å². The minimum atomic E-state index is -0.225. The molecule has 0 fully saturated rings. The van der Waals surface area contributed by atoms with E-state index < -0.39 is 0 Å². The Morgan fingerprint density at radius 3 is 2.20 bits per heavy atom. The summed E-state index contributed by atoms with van der Waals surface area (Å²) in [7, 11) is 0. The molecule has 0 bridgehead atoms. The summed E-state index contributed by atoms with van der Waals surface area (Å²) < 4.78 is 13.0. The number of fused-ring (bicyclic) bond motifs is 1. The highest BCUT2D eigenvalue weighted by Crippen LogP contribution is 2.15. The number of halogens is 1. The molecule has 0 radical (unpaired) electrons. The lowest BCUT2D eigenvalue weighted by Crippen LogP contribution is -1.97. The first-order valence-corrected chi connectivity index (χ1v) is 7.12. The van der Waals surface area contributed by atoms with Crippen LogP contribution in [0.5, 0.6) is 0 Å². The van der Waals surface area contributed by atoms with Crippen LogP contribution in [0, 0.1) is 11.7 Å². The van der Waals surface area contributed by atoms with Gasteiger partial charge in [0.05, 0.1) is 5.52 Å². The van der Waals surface area contributed by atoms with Crippen molar-refractivity contribution in [3.8, 4) is 0 Å². The summed E-state index contributed by atoms with van der Waals surface area (Å²) in [5.41, 5.74) is 1.77. The highest BCUT2D eigenvalue weighted by molar-refractivity contribution is 5.78. The van der Waals surface area contributed by atoms with Crippen LogP contribution in [0.2, 0.25) is 0 Å². The van der Waals surface area contributed by atoms with Crippen molar-refractivity contribution in [1.29, 1.82) is 0 Å². The standard InChI is InChI=1S/C13H14FN.C3H8.C2H4/c1-9(2)7-12-6-4-10-3-5-11(14)8-13(10)15-12;1-3-2;1-2/h3-6,8-9H,7H2,1-2H3;3H2,1-2H3;1-2H2. The Kier molecular flexibility index (Phi) is 9.27. The molecule has 0 spiro atoms. The summed E-state index contributed by atoms with van der Waals surface area (Å²) in [5.74, 6) is 0.347. The van der Waals surface area contributed by atoms with Crippen molar-refractivity contribution in [2.75, 3.05) is 0 Å². The molecule has 1 aromatic heterocycles. The average molecular weight is 275 g/mol. The van der Waals surface area contributed by atoms with Crippen LogP contribution in [0.3, 0.4) is 0 Å². The van der Waals surface area contributed by atoms with E-state index in [0.717, 1.165) is 23.0 Å². The first-order chi connectivity index (χ1) is 9.56. The van der Waals surface area contributed by atoms with Crippen LogP contribution in [-0.4, -0.2) is 4.98 Å². The Bertz CT molecular complexity index is 506. The van der Waals surface area contributed by atoms with E-state index in [4.69, 9.17) is 0 Å². The molecule has 2 aromatic rings. The second-order valence-corrected chi connectivity index (χ2v) is 4.94. The van der Waals surface area contributed by atoms with Crippen LogP contribution in [0.1, 0.15) is 39.8 Å². The predicted molar refractivity (Wildman–Crippen MR) is 87.5 cm³/mol. The van der Waals surface area contributed by atoms with Crippen LogP contribution in [0.4, 0.5) is 4.39 Å². The number of benzene rings is 1. The van der Waals surface area contributed by atoms with E-state index in [1.165, 1.54) is 18.6 Å². The minimum Gasteiger partial charge on any atom is -0.253 e. The third-order valence-electron chi connectivity index (χ3n) is 2.33. The Balaban J connectivity index is 0.000000641. The van der Waals surface area contributed by atoms with E-state index in [-0.39, 0.29) is 5.82 Å². The van der Waals surface area contributed by atoms with Crippen molar-refractivity contribution < 1.29 is 4.39 Å². The number of aromatic nitrogens is 1. The highest BCUT2D eigenvalue weighted by atomic mass is 19.1. The van der Waals surface area contributed by atoms with Crippen LogP contribution in [-0.2, 0) is 6.42 Å². The molecule has 0 saturated heterocycles. The summed E-state index contributed by atoms with van der Waals surface area (Å²) in [5, 5.41) is 0.990. The van der Waals surface area contributed by atoms with Gasteiger partial charge in [0, 0.05) is 17.1 Å². The summed E-state index contributed by atoms with van der Waals surface area (Å²) in [4.78, 5) is 4.44. The first-order valence-electron chi connectivity index (χ1n) is 7.12. The van der Waals surface area contributed by atoms with Gasteiger partial charge in [-0.25, -0.2) is 4.39 Å². The zero-order chi connectivity index (χ0) is 15.5. The molecule has 0 amide bonds. The highest BCUT2D eigenvalue weighted by Gasteiger charge is 2.02. The van der Waals surface area contributed by atoms with Crippen LogP contribution in [0.15, 0.2) is 43.5 Å². The van der Waals surface area contributed by atoms with Crippen molar-refractivity contribution in [3.05, 3.63) is 55.0 Å². The number of hydrogen-bond donors (Lipinski definition) is 0. The maximum atomic E-state index is 13.0. The molecule has 2 heteroatoms. The smallest absolute Gasteiger partial charge is 0.125 e. The number of rotatable bonds is 2. The van der Waals surface area contributed by atoms with Gasteiger partial charge in [-0.15, -0.1) is 13.2 Å². The third kappa shape index (κ3) is 6.46. The molecule has 110 valence electrons. The second-order valence-electron chi connectivity index (χ2n) is 4.94. The van der Waals surface area contributed by atoms with Gasteiger partial charge in [-0.1, -0.05) is 40.2 Å². The van der Waals surface area contributed by atoms with E-state index in [0.29, 0.717) is 5.92 Å². The minimum absolute atomic E-state index is 0.225. The quantitative estimate of drug-likeness (QED) is 0.632. The van der Waals surface area contributed by atoms with Gasteiger partial charge in [0.15, 0.2) is 0 Å². The molecular formula is C18H26FN. The predicted octanol–water partition coefficient (Wildman–Crippen LogP) is 5.79. The second kappa shape index (κ2) is 10.1. The van der Waals surface area contributed by atoms with Gasteiger partial charge in [0.2, 0.25) is 0 Å². The van der Waals surface area contributed by atoms with E-state index in [1.54, 1.807) is 6.07 Å². The first kappa shape index (κ1) is 18.3. The SMILES string of the molecule is C=C.CC(C)Cc1ccc2ccc(F)cc2n1.CCC. The largest absolute Gasteiger partial charge is 0.253 e. The maximum Gasteiger partial charge on any atom is 0.125 e. The van der Waals surface area contributed by atoms with Gasteiger partial charge in [-0.3, -0.25) is 4.98 Å². The number of pyridine rings is 1. The van der Waals surface area contributed by atoms with Gasteiger partial charge in [-0.05, 0) is 30.5 Å². The van der Waals surface area contributed by atoms with E-state index in [2.05, 4.69) is 45.8 Å². The van der Waals surface area contributed by atoms with Crippen molar-refractivity contribution in [2.45, 2.75) is 40.5 Å². The van der Waals surface area contributed by atoms with E-state index >= 15 is 0 Å². The molecule has 0 saturated carbocycles. The average Bonchev–Trinajstić information content (AvgIpc) is 2.41. The fraction of sp³-hybridized carbons (Fsp3) is 0.389. The van der Waals surface area contributed by atoms with Crippen molar-refractivity contribution in [3.63, 3.8) is 0 Å². The van der Waals surface area contributed by atoms with Gasteiger partial charge >= 0.3 is 0 Å². The van der Waals surface area contributed by atoms with Crippen LogP contribution >= 0.6 is 0 Å². The normalized spacial score (nSPS) is 9.50. The third-order valence-corrected chi connectivity index (χ3v) is 2.33. The van der Waals surface area contributed by atoms with E-state index in [1.807, 2.05) is 12.1 Å². The summed E-state index contributed by atoms with van der Waals surface area (Å²) >= 11 is 0. The van der Waals surface area contributed by atoms with Gasteiger partial charge in [-0.2, -0.15) is 0 Å². The molecule has 0 aliphatic heterocycles. The molecule has 1 nitrogen and oxygen atoms in total. The van der Waals surface area contributed by atoms with Gasteiger partial charge < -0.3 is 0 Å². The summed E-state index contributed by atoms with van der Waals surface area (Å²) in [6.45, 7) is 14.6. The van der Waals surface area contributed by atoms with E-state index in [9.17, 15) is 4.39 Å². The zero-order valence-electron chi connectivity index (χ0n) is 13.1. The Hall–Kier alpha value is -1.70. The van der Waals surface area contributed by atoms with Crippen LogP contribution < -0.4 is 0 Å². The topological polar surface area (TPSA) is 12.9 Å². The Morgan fingerprint density at radius 2 is 1.65 bits per heavy atom. The van der Waals surface area contributed by atoms with Crippen molar-refractivity contribution in [1.82, 2.24) is 4.98 Å². The lowest BCUT2D eigenvalue weighted by molar-refractivity contribution is 0.628. The lowest BCUT2D eigenvalue weighted by atomic mass is 10.1. The lowest BCUT2D eigenvalue weighted by Gasteiger charge is -2.05. The number of hydrogen-bond acceptors (Lipinski definition) is 1. The molecule has 20 heavy (non-hydrogen) atoms. The Labute approximate surface area is 122 Å². The molecule has 0 unspecified atom stereocenters. The Morgan fingerprint density at radius 1 is 1.10 bits per heavy atom. The molecule has 0 atom stereocenters. The maximum absolute atomic E-state index is 13.0. The van der Waals surface area contributed by atoms with Crippen molar-refractivity contribution >= 4 is 10.9 Å². The van der Waals surface area contributed by atoms with Crippen LogP contribution in [0.25, 0.3) is 10.9 Å². The van der Waals surface area contributed by atoms with Crippen molar-refractivity contribution in [2.24, 2.45) is 5.92 Å². The fourth-order valence-corrected chi connectivity index (χ4v) is 1.66. The fourth-order valence-electron chi connectivity index (χ4n) is 1.66. The molecule has 0 N–H and O–H groups in total. The van der Waals surface area contributed by atoms with Gasteiger partial charge in [0.1, 0.15) is 5.82 Å². The molecule has 1 heterocycles. The molecular weight excluding hydrogens is 249 g/mol. The number of nitrogens with zero attached hydrogens (tertiary/aromatic N) is 1. The molecule has 2 rings (SSSR count). The molecule has 0 aliphatic rings.